The van der Waals surface area contributed by atoms with E-state index >= 15 is 0 Å². The van der Waals surface area contributed by atoms with E-state index in [4.69, 9.17) is 0 Å². The molecule has 0 amide bonds. The second-order valence-corrected chi connectivity index (χ2v) is 8.98. The number of thioether (sulfide) groups is 1. The van der Waals surface area contributed by atoms with Crippen LogP contribution in [0.5, 0.6) is 0 Å². The summed E-state index contributed by atoms with van der Waals surface area (Å²) in [4.78, 5) is 24.0. The van der Waals surface area contributed by atoms with Gasteiger partial charge in [0.2, 0.25) is 0 Å². The highest BCUT2D eigenvalue weighted by Gasteiger charge is 2.18. The van der Waals surface area contributed by atoms with Crippen molar-refractivity contribution in [1.29, 1.82) is 0 Å². The number of hydrogen-bond donors (Lipinski definition) is 0. The molecule has 0 aliphatic heterocycles. The highest BCUT2D eigenvalue weighted by molar-refractivity contribution is 8.00. The monoisotopic (exact) mass is 407 g/mol. The fraction of sp³-hybridized carbons (Fsp3) is 0.227. The molecule has 1 aromatic carbocycles. The van der Waals surface area contributed by atoms with Gasteiger partial charge in [-0.25, -0.2) is 9.97 Å². The quantitative estimate of drug-likeness (QED) is 0.242. The number of Topliss-reactive ketones (excluding diaryl/α,β-unsaturated/α-hetero) is 1. The lowest BCUT2D eigenvalue weighted by molar-refractivity contribution is 0.102. The molecule has 0 aliphatic rings. The van der Waals surface area contributed by atoms with E-state index in [2.05, 4.69) is 40.5 Å². The van der Waals surface area contributed by atoms with E-state index in [0.29, 0.717) is 5.75 Å². The van der Waals surface area contributed by atoms with Gasteiger partial charge in [-0.1, -0.05) is 30.0 Å². The second-order valence-electron chi connectivity index (χ2n) is 6.81. The fourth-order valence-electron chi connectivity index (χ4n) is 3.49. The Labute approximate surface area is 172 Å². The number of para-hydroxylation sites is 1. The number of aryl methyl sites for hydroxylation is 3. The lowest BCUT2D eigenvalue weighted by Gasteiger charge is -2.09. The van der Waals surface area contributed by atoms with Crippen molar-refractivity contribution in [2.45, 2.75) is 32.7 Å². The summed E-state index contributed by atoms with van der Waals surface area (Å²) < 4.78 is 2.13. The molecular formula is C22H21N3OS2. The number of thiophene rings is 1. The number of rotatable bonds is 5. The Morgan fingerprint density at radius 3 is 2.61 bits per heavy atom. The summed E-state index contributed by atoms with van der Waals surface area (Å²) in [6.45, 7) is 8.24. The van der Waals surface area contributed by atoms with Gasteiger partial charge in [-0.05, 0) is 51.5 Å². The third kappa shape index (κ3) is 3.27. The van der Waals surface area contributed by atoms with E-state index in [1.54, 1.807) is 17.7 Å². The van der Waals surface area contributed by atoms with Crippen molar-refractivity contribution >= 4 is 39.1 Å². The minimum atomic E-state index is 0.122. The van der Waals surface area contributed by atoms with E-state index in [1.165, 1.54) is 22.2 Å². The van der Waals surface area contributed by atoms with Crippen LogP contribution >= 0.6 is 23.1 Å². The second kappa shape index (κ2) is 7.53. The first-order valence-corrected chi connectivity index (χ1v) is 10.9. The van der Waals surface area contributed by atoms with Gasteiger partial charge >= 0.3 is 0 Å². The fourth-order valence-corrected chi connectivity index (χ4v) is 5.49. The molecule has 4 nitrogen and oxygen atoms in total. The molecule has 0 bridgehead atoms. The van der Waals surface area contributed by atoms with Crippen molar-refractivity contribution in [3.63, 3.8) is 0 Å². The highest BCUT2D eigenvalue weighted by Crippen LogP contribution is 2.34. The zero-order chi connectivity index (χ0) is 19.8. The Kier molecular flexibility index (Phi) is 5.08. The first-order chi connectivity index (χ1) is 13.5. The van der Waals surface area contributed by atoms with Gasteiger partial charge < -0.3 is 4.57 Å². The van der Waals surface area contributed by atoms with Gasteiger partial charge in [0, 0.05) is 32.9 Å². The zero-order valence-electron chi connectivity index (χ0n) is 16.3. The maximum atomic E-state index is 13.0. The molecule has 0 atom stereocenters. The minimum Gasteiger partial charge on any atom is -0.318 e. The van der Waals surface area contributed by atoms with Crippen LogP contribution < -0.4 is 0 Å². The summed E-state index contributed by atoms with van der Waals surface area (Å²) in [5.41, 5.74) is 5.09. The van der Waals surface area contributed by atoms with E-state index in [-0.39, 0.29) is 5.78 Å². The van der Waals surface area contributed by atoms with Crippen LogP contribution in [0.25, 0.3) is 15.9 Å². The summed E-state index contributed by atoms with van der Waals surface area (Å²) in [6, 6.07) is 12.1. The van der Waals surface area contributed by atoms with Crippen LogP contribution in [0.15, 0.2) is 47.8 Å². The van der Waals surface area contributed by atoms with Crippen molar-refractivity contribution in [2.24, 2.45) is 0 Å². The maximum Gasteiger partial charge on any atom is 0.174 e. The average Bonchev–Trinajstić information content (AvgIpc) is 3.16. The SMILES string of the molecule is Cc1sc2ncnc(SCC(=O)c3cc(C)n(-c4ccccc4)c3C)c2c1C. The van der Waals surface area contributed by atoms with Gasteiger partial charge in [0.15, 0.2) is 5.78 Å². The van der Waals surface area contributed by atoms with Crippen LogP contribution in [0, 0.1) is 27.7 Å². The van der Waals surface area contributed by atoms with Crippen molar-refractivity contribution in [2.75, 3.05) is 5.75 Å². The summed E-state index contributed by atoms with van der Waals surface area (Å²) in [6.07, 6.45) is 1.59. The Balaban J connectivity index is 1.61. The van der Waals surface area contributed by atoms with Crippen LogP contribution in [0.1, 0.15) is 32.2 Å². The normalized spacial score (nSPS) is 11.3. The largest absolute Gasteiger partial charge is 0.318 e. The number of aromatic nitrogens is 3. The number of ketones is 1. The van der Waals surface area contributed by atoms with Crippen LogP contribution in [0.2, 0.25) is 0 Å². The minimum absolute atomic E-state index is 0.122. The molecule has 4 aromatic rings. The van der Waals surface area contributed by atoms with Crippen LogP contribution in [0.3, 0.4) is 0 Å². The van der Waals surface area contributed by atoms with Gasteiger partial charge in [-0.3, -0.25) is 4.79 Å². The van der Waals surface area contributed by atoms with Gasteiger partial charge in [0.25, 0.3) is 0 Å². The molecule has 0 N–H and O–H groups in total. The highest BCUT2D eigenvalue weighted by atomic mass is 32.2. The van der Waals surface area contributed by atoms with E-state index in [9.17, 15) is 4.79 Å². The molecule has 142 valence electrons. The molecule has 0 fully saturated rings. The van der Waals surface area contributed by atoms with Crippen molar-refractivity contribution < 1.29 is 4.79 Å². The van der Waals surface area contributed by atoms with Crippen molar-refractivity contribution in [1.82, 2.24) is 14.5 Å². The van der Waals surface area contributed by atoms with Gasteiger partial charge in [-0.2, -0.15) is 0 Å². The molecule has 0 saturated heterocycles. The lowest BCUT2D eigenvalue weighted by Crippen LogP contribution is -2.06. The Hall–Kier alpha value is -2.44. The molecule has 0 unspecified atom stereocenters. The molecule has 6 heteroatoms. The lowest BCUT2D eigenvalue weighted by atomic mass is 10.2. The number of fused-ring (bicyclic) bond motifs is 1. The molecule has 4 rings (SSSR count). The predicted molar refractivity (Wildman–Crippen MR) is 117 cm³/mol. The van der Waals surface area contributed by atoms with Crippen LogP contribution in [-0.2, 0) is 0 Å². The Morgan fingerprint density at radius 2 is 1.86 bits per heavy atom. The van der Waals surface area contributed by atoms with E-state index in [0.717, 1.165) is 37.9 Å². The Bertz CT molecular complexity index is 1180. The molecule has 3 heterocycles. The standard InChI is InChI=1S/C22H21N3OS2/c1-13-10-18(15(3)25(13)17-8-6-5-7-9-17)19(26)11-27-21-20-14(2)16(4)28-22(20)24-12-23-21/h5-10,12H,11H2,1-4H3. The first kappa shape index (κ1) is 18.9. The molecule has 3 aromatic heterocycles. The van der Waals surface area contributed by atoms with Gasteiger partial charge in [-0.15, -0.1) is 11.3 Å². The summed E-state index contributed by atoms with van der Waals surface area (Å²) in [5.74, 6) is 0.483. The third-order valence-corrected chi connectivity index (χ3v) is 7.12. The average molecular weight is 408 g/mol. The number of benzene rings is 1. The molecule has 0 saturated carbocycles. The summed E-state index contributed by atoms with van der Waals surface area (Å²) in [7, 11) is 0. The van der Waals surface area contributed by atoms with Crippen LogP contribution in [-0.4, -0.2) is 26.1 Å². The number of nitrogens with zero attached hydrogens (tertiary/aromatic N) is 3. The molecule has 0 aliphatic carbocycles. The molecule has 0 spiro atoms. The number of hydrogen-bond acceptors (Lipinski definition) is 5. The van der Waals surface area contributed by atoms with E-state index in [1.807, 2.05) is 38.1 Å². The molecular weight excluding hydrogens is 386 g/mol. The number of carbonyl (C=O) groups is 1. The third-order valence-electron chi connectivity index (χ3n) is 5.02. The smallest absolute Gasteiger partial charge is 0.174 e. The summed E-state index contributed by atoms with van der Waals surface area (Å²) in [5, 5.41) is 1.97. The summed E-state index contributed by atoms with van der Waals surface area (Å²) >= 11 is 3.17. The molecule has 28 heavy (non-hydrogen) atoms. The van der Waals surface area contributed by atoms with Crippen LogP contribution in [0.4, 0.5) is 0 Å². The first-order valence-electron chi connectivity index (χ1n) is 9.08. The van der Waals surface area contributed by atoms with Crippen molar-refractivity contribution in [3.8, 4) is 5.69 Å². The topological polar surface area (TPSA) is 47.8 Å². The Morgan fingerprint density at radius 1 is 1.11 bits per heavy atom. The van der Waals surface area contributed by atoms with Gasteiger partial charge in [0.05, 0.1) is 5.75 Å². The van der Waals surface area contributed by atoms with E-state index < -0.39 is 0 Å². The van der Waals surface area contributed by atoms with Crippen molar-refractivity contribution in [3.05, 3.63) is 70.1 Å². The molecule has 0 radical (unpaired) electrons. The maximum absolute atomic E-state index is 13.0. The number of carbonyl (C=O) groups excluding carboxylic acids is 1. The van der Waals surface area contributed by atoms with Gasteiger partial charge in [0.1, 0.15) is 16.2 Å². The predicted octanol–water partition coefficient (Wildman–Crippen LogP) is 5.69. The zero-order valence-corrected chi connectivity index (χ0v) is 17.9.